The Kier molecular flexibility index (Phi) is 56.6. The fraction of sp³-hybridized carbons (Fsp3) is 0.879. The fourth-order valence-electron chi connectivity index (χ4n) is 9.61. The lowest BCUT2D eigenvalue weighted by molar-refractivity contribution is -0.870. The van der Waals surface area contributed by atoms with Gasteiger partial charge in [-0.2, -0.15) is 0 Å². The molecule has 0 spiro atoms. The minimum atomic E-state index is -4.64. The summed E-state index contributed by atoms with van der Waals surface area (Å²) < 4.78 is 34.2. The predicted molar refractivity (Wildman–Crippen MR) is 324 cm³/mol. The second-order valence-corrected chi connectivity index (χ2v) is 24.9. The summed E-state index contributed by atoms with van der Waals surface area (Å²) in [5.41, 5.74) is 0. The Morgan fingerprint density at radius 3 is 1.08 bits per heavy atom. The van der Waals surface area contributed by atoms with Crippen LogP contribution in [0.15, 0.2) is 36.5 Å². The molecule has 0 aliphatic heterocycles. The first-order chi connectivity index (χ1) is 37.0. The van der Waals surface area contributed by atoms with Gasteiger partial charge < -0.3 is 27.9 Å². The number of esters is 2. The predicted octanol–water partition coefficient (Wildman–Crippen LogP) is 20.1. The van der Waals surface area contributed by atoms with Crippen molar-refractivity contribution < 1.29 is 42.1 Å². The number of ether oxygens (including phenoxy) is 2. The van der Waals surface area contributed by atoms with Gasteiger partial charge in [0.25, 0.3) is 7.82 Å². The van der Waals surface area contributed by atoms with Gasteiger partial charge in [0, 0.05) is 12.8 Å². The van der Waals surface area contributed by atoms with E-state index < -0.39 is 26.5 Å². The van der Waals surface area contributed by atoms with Gasteiger partial charge in [0.15, 0.2) is 6.10 Å². The zero-order valence-electron chi connectivity index (χ0n) is 51.0. The zero-order chi connectivity index (χ0) is 55.6. The number of hydrogen-bond acceptors (Lipinski definition) is 8. The molecule has 0 rings (SSSR count). The first kappa shape index (κ1) is 74.2. The molecule has 9 nitrogen and oxygen atoms in total. The molecule has 0 saturated heterocycles. The Balaban J connectivity index is 3.99. The van der Waals surface area contributed by atoms with Gasteiger partial charge in [-0.1, -0.05) is 294 Å². The van der Waals surface area contributed by atoms with Crippen molar-refractivity contribution in [3.8, 4) is 0 Å². The molecule has 0 aromatic heterocycles. The van der Waals surface area contributed by atoms with E-state index in [0.717, 1.165) is 70.6 Å². The van der Waals surface area contributed by atoms with Crippen molar-refractivity contribution in [1.82, 2.24) is 0 Å². The summed E-state index contributed by atoms with van der Waals surface area (Å²) in [6, 6.07) is 0. The molecule has 0 aromatic rings. The smallest absolute Gasteiger partial charge is 0.306 e. The van der Waals surface area contributed by atoms with Crippen molar-refractivity contribution in [3.05, 3.63) is 36.5 Å². The van der Waals surface area contributed by atoms with Crippen LogP contribution in [-0.2, 0) is 32.7 Å². The lowest BCUT2D eigenvalue weighted by Gasteiger charge is -2.28. The molecule has 2 unspecified atom stereocenters. The Morgan fingerprint density at radius 2 is 0.711 bits per heavy atom. The molecule has 2 atom stereocenters. The molecule has 0 heterocycles. The number of quaternary nitrogens is 1. The van der Waals surface area contributed by atoms with Crippen LogP contribution in [0.3, 0.4) is 0 Å². The number of carbonyl (C=O) groups is 2. The third kappa shape index (κ3) is 61.4. The number of nitrogens with zero attached hydrogens (tertiary/aromatic N) is 1. The highest BCUT2D eigenvalue weighted by atomic mass is 31.2. The SMILES string of the molecule is CCCCC/C=C\C/C=C\C/C=C\CCCCCCCCC(=O)OC(COC(=O)CCCCCCCCCCCCCCCCCCCCCCCCCCCCCCCCCCC)COP(=O)([O-])OCC[N+](C)(C)C. The molecule has 0 aliphatic rings. The monoisotopic (exact) mass is 1090 g/mol. The van der Waals surface area contributed by atoms with Crippen LogP contribution in [0.5, 0.6) is 0 Å². The molecule has 0 amide bonds. The van der Waals surface area contributed by atoms with E-state index in [4.69, 9.17) is 18.5 Å². The van der Waals surface area contributed by atoms with Crippen molar-refractivity contribution in [2.45, 2.75) is 328 Å². The van der Waals surface area contributed by atoms with Gasteiger partial charge in [0.1, 0.15) is 19.8 Å². The summed E-state index contributed by atoms with van der Waals surface area (Å²) in [4.78, 5) is 37.9. The molecule has 0 saturated carbocycles. The van der Waals surface area contributed by atoms with E-state index in [9.17, 15) is 19.0 Å². The largest absolute Gasteiger partial charge is 0.756 e. The van der Waals surface area contributed by atoms with Crippen molar-refractivity contribution >= 4 is 19.8 Å². The fourth-order valence-corrected chi connectivity index (χ4v) is 10.3. The molecule has 0 bridgehead atoms. The standard InChI is InChI=1S/C66H126NO8P/c1-6-8-10-12-14-16-18-20-22-24-26-27-28-29-30-31-32-33-34-35-36-37-38-39-41-42-44-46-48-50-52-54-56-58-65(68)72-62-64(63-74-76(70,71)73-61-60-67(3,4)5)75-66(69)59-57-55-53-51-49-47-45-43-40-25-23-21-19-17-15-13-11-9-7-2/h15,17,21,23,40,43,64H,6-14,16,18-20,22,24-39,41-42,44-63H2,1-5H3/b17-15-,23-21-,43-40-. The average Bonchev–Trinajstić information content (AvgIpc) is 3.38. The summed E-state index contributed by atoms with van der Waals surface area (Å²) in [6.07, 6.45) is 72.3. The molecule has 0 N–H and O–H groups in total. The summed E-state index contributed by atoms with van der Waals surface area (Å²) >= 11 is 0. The van der Waals surface area contributed by atoms with Gasteiger partial charge in [0.05, 0.1) is 27.7 Å². The van der Waals surface area contributed by atoms with Crippen molar-refractivity contribution in [3.63, 3.8) is 0 Å². The Bertz CT molecular complexity index is 1380. The van der Waals surface area contributed by atoms with Gasteiger partial charge in [0.2, 0.25) is 0 Å². The molecular weight excluding hydrogens is 966 g/mol. The normalized spacial score (nSPS) is 13.4. The van der Waals surface area contributed by atoms with Gasteiger partial charge >= 0.3 is 11.9 Å². The van der Waals surface area contributed by atoms with E-state index in [1.54, 1.807) is 0 Å². The van der Waals surface area contributed by atoms with Crippen LogP contribution in [0.1, 0.15) is 322 Å². The van der Waals surface area contributed by atoms with Crippen LogP contribution in [0.25, 0.3) is 0 Å². The molecular formula is C66H126NO8P. The number of carbonyl (C=O) groups excluding carboxylic acids is 2. The molecule has 0 aliphatic carbocycles. The number of likely N-dealkylation sites (N-methyl/N-ethyl adjacent to an activating group) is 1. The second-order valence-electron chi connectivity index (χ2n) is 23.5. The third-order valence-electron chi connectivity index (χ3n) is 14.7. The summed E-state index contributed by atoms with van der Waals surface area (Å²) in [6.45, 7) is 4.25. The van der Waals surface area contributed by atoms with Crippen LogP contribution in [0.2, 0.25) is 0 Å². The maximum Gasteiger partial charge on any atom is 0.306 e. The average molecular weight is 1090 g/mol. The summed E-state index contributed by atoms with van der Waals surface area (Å²) in [5.74, 6) is -0.833. The number of unbranched alkanes of at least 4 members (excludes halogenated alkanes) is 41. The second kappa shape index (κ2) is 57.9. The van der Waals surface area contributed by atoms with E-state index >= 15 is 0 Å². The topological polar surface area (TPSA) is 111 Å². The molecule has 0 fully saturated rings. The number of hydrogen-bond donors (Lipinski definition) is 0. The van der Waals surface area contributed by atoms with E-state index in [2.05, 4.69) is 50.3 Å². The lowest BCUT2D eigenvalue weighted by Crippen LogP contribution is -2.37. The zero-order valence-corrected chi connectivity index (χ0v) is 51.9. The van der Waals surface area contributed by atoms with Gasteiger partial charge in [-0.15, -0.1) is 0 Å². The summed E-state index contributed by atoms with van der Waals surface area (Å²) in [5, 5.41) is 0. The molecule has 0 aromatic carbocycles. The number of rotatable bonds is 61. The van der Waals surface area contributed by atoms with E-state index in [-0.39, 0.29) is 32.0 Å². The van der Waals surface area contributed by atoms with Crippen LogP contribution >= 0.6 is 7.82 Å². The Morgan fingerprint density at radius 1 is 0.408 bits per heavy atom. The lowest BCUT2D eigenvalue weighted by atomic mass is 10.0. The van der Waals surface area contributed by atoms with E-state index in [1.165, 1.54) is 218 Å². The highest BCUT2D eigenvalue weighted by Gasteiger charge is 2.22. The molecule has 448 valence electrons. The third-order valence-corrected chi connectivity index (χ3v) is 15.6. The summed E-state index contributed by atoms with van der Waals surface area (Å²) in [7, 11) is 1.17. The quantitative estimate of drug-likeness (QED) is 0.0195. The Hall–Kier alpha value is -1.77. The van der Waals surface area contributed by atoms with Crippen molar-refractivity contribution in [2.75, 3.05) is 47.5 Å². The van der Waals surface area contributed by atoms with Gasteiger partial charge in [-0.25, -0.2) is 0 Å². The Labute approximate surface area is 471 Å². The van der Waals surface area contributed by atoms with Crippen molar-refractivity contribution in [2.24, 2.45) is 0 Å². The van der Waals surface area contributed by atoms with Gasteiger partial charge in [-0.05, 0) is 51.4 Å². The highest BCUT2D eigenvalue weighted by Crippen LogP contribution is 2.38. The molecule has 76 heavy (non-hydrogen) atoms. The van der Waals surface area contributed by atoms with Crippen LogP contribution in [0, 0.1) is 0 Å². The first-order valence-corrected chi connectivity index (χ1v) is 34.2. The van der Waals surface area contributed by atoms with E-state index in [1.807, 2.05) is 21.1 Å². The maximum atomic E-state index is 12.8. The van der Waals surface area contributed by atoms with Gasteiger partial charge in [-0.3, -0.25) is 14.2 Å². The first-order valence-electron chi connectivity index (χ1n) is 32.7. The van der Waals surface area contributed by atoms with Crippen LogP contribution in [0.4, 0.5) is 0 Å². The minimum Gasteiger partial charge on any atom is -0.756 e. The minimum absolute atomic E-state index is 0.0324. The molecule has 10 heteroatoms. The van der Waals surface area contributed by atoms with E-state index in [0.29, 0.717) is 17.4 Å². The van der Waals surface area contributed by atoms with Crippen molar-refractivity contribution in [1.29, 1.82) is 0 Å². The molecule has 0 radical (unpaired) electrons. The number of phosphoric ester groups is 1. The number of allylic oxidation sites excluding steroid dienone is 6. The maximum absolute atomic E-state index is 12.8. The van der Waals surface area contributed by atoms with Crippen LogP contribution < -0.4 is 4.89 Å². The van der Waals surface area contributed by atoms with Crippen LogP contribution in [-0.4, -0.2) is 70.0 Å². The highest BCUT2D eigenvalue weighted by molar-refractivity contribution is 7.45. The number of phosphoric acid groups is 1.